The Hall–Kier alpha value is -0.970. The molecule has 1 saturated carbocycles. The van der Waals surface area contributed by atoms with E-state index in [2.05, 4.69) is 4.98 Å². The largest absolute Gasteiger partial charge is 0.390 e. The minimum atomic E-state index is -2.53. The van der Waals surface area contributed by atoms with Gasteiger partial charge in [0.1, 0.15) is 0 Å². The van der Waals surface area contributed by atoms with E-state index in [1.54, 1.807) is 10.8 Å². The normalized spacial score (nSPS) is 25.5. The van der Waals surface area contributed by atoms with Gasteiger partial charge in [0.05, 0.1) is 18.6 Å². The van der Waals surface area contributed by atoms with Crippen LogP contribution in [0.3, 0.4) is 0 Å². The molecular formula is C9H12F2N2O. The molecule has 5 heteroatoms. The molecule has 1 aromatic heterocycles. The summed E-state index contributed by atoms with van der Waals surface area (Å²) in [5, 5.41) is 8.77. The number of aromatic nitrogens is 2. The number of aliphatic hydroxyl groups excluding tert-OH is 1. The van der Waals surface area contributed by atoms with Crippen molar-refractivity contribution in [2.45, 2.75) is 37.8 Å². The summed E-state index contributed by atoms with van der Waals surface area (Å²) in [4.78, 5) is 3.90. The van der Waals surface area contributed by atoms with Crippen LogP contribution in [0.15, 0.2) is 12.5 Å². The van der Waals surface area contributed by atoms with Crippen LogP contribution in [-0.4, -0.2) is 20.6 Å². The zero-order valence-electron chi connectivity index (χ0n) is 7.66. The third kappa shape index (κ3) is 1.77. The van der Waals surface area contributed by atoms with Gasteiger partial charge in [-0.1, -0.05) is 0 Å². The summed E-state index contributed by atoms with van der Waals surface area (Å²) in [5.74, 6) is -2.53. The zero-order valence-corrected chi connectivity index (χ0v) is 7.66. The van der Waals surface area contributed by atoms with E-state index in [1.165, 1.54) is 6.33 Å². The summed E-state index contributed by atoms with van der Waals surface area (Å²) in [6.45, 7) is -0.143. The average molecular weight is 202 g/mol. The molecule has 1 N–H and O–H groups in total. The second-order valence-electron chi connectivity index (χ2n) is 3.72. The average Bonchev–Trinajstić information content (AvgIpc) is 2.70. The van der Waals surface area contributed by atoms with Crippen molar-refractivity contribution >= 4 is 0 Å². The standard InChI is InChI=1S/C9H12F2N2O/c10-9(11)2-1-8(3-9)13-4-7(5-14)12-6-13/h4,6,8,14H,1-3,5H2. The van der Waals surface area contributed by atoms with E-state index in [0.29, 0.717) is 12.1 Å². The molecule has 0 spiro atoms. The highest BCUT2D eigenvalue weighted by molar-refractivity contribution is 4.98. The van der Waals surface area contributed by atoms with E-state index in [1.807, 2.05) is 0 Å². The molecule has 1 atom stereocenters. The van der Waals surface area contributed by atoms with Crippen LogP contribution in [-0.2, 0) is 6.61 Å². The highest BCUT2D eigenvalue weighted by Crippen LogP contribution is 2.41. The van der Waals surface area contributed by atoms with E-state index in [9.17, 15) is 8.78 Å². The Bertz CT molecular complexity index is 324. The molecular weight excluding hydrogens is 190 g/mol. The molecule has 0 aromatic carbocycles. The van der Waals surface area contributed by atoms with Gasteiger partial charge in [0.25, 0.3) is 0 Å². The molecule has 1 aromatic rings. The van der Waals surface area contributed by atoms with Crippen LogP contribution in [0.25, 0.3) is 0 Å². The summed E-state index contributed by atoms with van der Waals surface area (Å²) in [6.07, 6.45) is 3.45. The first-order valence-electron chi connectivity index (χ1n) is 4.62. The van der Waals surface area contributed by atoms with Crippen LogP contribution in [0.1, 0.15) is 31.0 Å². The molecule has 1 unspecified atom stereocenters. The van der Waals surface area contributed by atoms with Gasteiger partial charge in [-0.3, -0.25) is 0 Å². The molecule has 0 radical (unpaired) electrons. The first-order valence-corrected chi connectivity index (χ1v) is 4.62. The Morgan fingerprint density at radius 2 is 2.43 bits per heavy atom. The van der Waals surface area contributed by atoms with E-state index >= 15 is 0 Å². The number of alkyl halides is 2. The summed E-state index contributed by atoms with van der Waals surface area (Å²) >= 11 is 0. The fourth-order valence-corrected chi connectivity index (χ4v) is 1.84. The third-order valence-electron chi connectivity index (χ3n) is 2.62. The molecule has 1 aliphatic carbocycles. The van der Waals surface area contributed by atoms with Crippen LogP contribution in [0.4, 0.5) is 8.78 Å². The first kappa shape index (κ1) is 9.58. The molecule has 1 aliphatic rings. The molecule has 0 bridgehead atoms. The van der Waals surface area contributed by atoms with Gasteiger partial charge in [-0.15, -0.1) is 0 Å². The van der Waals surface area contributed by atoms with Crippen molar-refractivity contribution in [3.8, 4) is 0 Å². The van der Waals surface area contributed by atoms with E-state index < -0.39 is 5.92 Å². The molecule has 0 saturated heterocycles. The van der Waals surface area contributed by atoms with Crippen LogP contribution in [0.2, 0.25) is 0 Å². The molecule has 3 nitrogen and oxygen atoms in total. The highest BCUT2D eigenvalue weighted by Gasteiger charge is 2.40. The topological polar surface area (TPSA) is 38.0 Å². The van der Waals surface area contributed by atoms with Crippen molar-refractivity contribution in [3.05, 3.63) is 18.2 Å². The lowest BCUT2D eigenvalue weighted by Crippen LogP contribution is -2.11. The van der Waals surface area contributed by atoms with E-state index in [0.717, 1.165) is 0 Å². The van der Waals surface area contributed by atoms with Crippen molar-refractivity contribution in [1.29, 1.82) is 0 Å². The number of halogens is 2. The molecule has 1 fully saturated rings. The molecule has 0 aliphatic heterocycles. The third-order valence-corrected chi connectivity index (χ3v) is 2.62. The maximum atomic E-state index is 12.9. The second kappa shape index (κ2) is 3.31. The van der Waals surface area contributed by atoms with Crippen molar-refractivity contribution in [3.63, 3.8) is 0 Å². The Kier molecular flexibility index (Phi) is 2.26. The van der Waals surface area contributed by atoms with Gasteiger partial charge >= 0.3 is 0 Å². The lowest BCUT2D eigenvalue weighted by molar-refractivity contribution is 0.00563. The van der Waals surface area contributed by atoms with E-state index in [-0.39, 0.29) is 25.5 Å². The van der Waals surface area contributed by atoms with Crippen LogP contribution in [0.5, 0.6) is 0 Å². The van der Waals surface area contributed by atoms with Gasteiger partial charge in [0.2, 0.25) is 5.92 Å². The smallest absolute Gasteiger partial charge is 0.250 e. The molecule has 78 valence electrons. The van der Waals surface area contributed by atoms with Crippen LogP contribution < -0.4 is 0 Å². The first-order chi connectivity index (χ1) is 6.61. The minimum absolute atomic E-state index is 0.0513. The van der Waals surface area contributed by atoms with Crippen molar-refractivity contribution in [1.82, 2.24) is 9.55 Å². The summed E-state index contributed by atoms with van der Waals surface area (Å²) in [6, 6.07) is -0.169. The predicted molar refractivity (Wildman–Crippen MR) is 46.0 cm³/mol. The maximum Gasteiger partial charge on any atom is 0.250 e. The number of aliphatic hydroxyl groups is 1. The van der Waals surface area contributed by atoms with Gasteiger partial charge in [-0.25, -0.2) is 13.8 Å². The van der Waals surface area contributed by atoms with Gasteiger partial charge in [-0.2, -0.15) is 0 Å². The summed E-state index contributed by atoms with van der Waals surface area (Å²) in [5.41, 5.74) is 0.528. The number of rotatable bonds is 2. The summed E-state index contributed by atoms with van der Waals surface area (Å²) < 4.78 is 27.4. The van der Waals surface area contributed by atoms with Crippen molar-refractivity contribution in [2.24, 2.45) is 0 Å². The molecule has 14 heavy (non-hydrogen) atoms. The maximum absolute atomic E-state index is 12.9. The predicted octanol–water partition coefficient (Wildman–Crippen LogP) is 1.74. The van der Waals surface area contributed by atoms with Gasteiger partial charge in [-0.05, 0) is 6.42 Å². The Morgan fingerprint density at radius 3 is 2.93 bits per heavy atom. The fraction of sp³-hybridized carbons (Fsp3) is 0.667. The second-order valence-corrected chi connectivity index (χ2v) is 3.72. The van der Waals surface area contributed by atoms with Crippen molar-refractivity contribution in [2.75, 3.05) is 0 Å². The van der Waals surface area contributed by atoms with E-state index in [4.69, 9.17) is 5.11 Å². The van der Waals surface area contributed by atoms with Gasteiger partial charge in [0, 0.05) is 25.1 Å². The van der Waals surface area contributed by atoms with Gasteiger partial charge < -0.3 is 9.67 Å². The Morgan fingerprint density at radius 1 is 1.64 bits per heavy atom. The molecule has 1 heterocycles. The highest BCUT2D eigenvalue weighted by atomic mass is 19.3. The molecule has 0 amide bonds. The molecule has 2 rings (SSSR count). The van der Waals surface area contributed by atoms with Crippen molar-refractivity contribution < 1.29 is 13.9 Å². The monoisotopic (exact) mass is 202 g/mol. The Balaban J connectivity index is 2.09. The number of hydrogen-bond acceptors (Lipinski definition) is 2. The number of imidazole rings is 1. The quantitative estimate of drug-likeness (QED) is 0.793. The zero-order chi connectivity index (χ0) is 10.2. The lowest BCUT2D eigenvalue weighted by atomic mass is 10.2. The number of hydrogen-bond donors (Lipinski definition) is 1. The summed E-state index contributed by atoms with van der Waals surface area (Å²) in [7, 11) is 0. The Labute approximate surface area is 80.4 Å². The SMILES string of the molecule is OCc1cn(C2CCC(F)(F)C2)cn1. The fourth-order valence-electron chi connectivity index (χ4n) is 1.84. The number of nitrogens with zero attached hydrogens (tertiary/aromatic N) is 2. The van der Waals surface area contributed by atoms with Crippen LogP contribution in [0, 0.1) is 0 Å². The van der Waals surface area contributed by atoms with Gasteiger partial charge in [0.15, 0.2) is 0 Å². The van der Waals surface area contributed by atoms with Crippen LogP contribution >= 0.6 is 0 Å². The minimum Gasteiger partial charge on any atom is -0.390 e. The lowest BCUT2D eigenvalue weighted by Gasteiger charge is -2.11.